The number of hydroxylamine groups is 2. The monoisotopic (exact) mass is 322 g/mol. The lowest BCUT2D eigenvalue weighted by Crippen LogP contribution is -2.52. The van der Waals surface area contributed by atoms with Gasteiger partial charge in [-0.1, -0.05) is 20.8 Å². The predicted molar refractivity (Wildman–Crippen MR) is 86.1 cm³/mol. The van der Waals surface area contributed by atoms with Crippen molar-refractivity contribution in [2.24, 2.45) is 5.41 Å². The van der Waals surface area contributed by atoms with E-state index in [-0.39, 0.29) is 17.9 Å². The Hall–Kier alpha value is 0.0700. The second-order valence-electron chi connectivity index (χ2n) is 7.42. The third-order valence-corrected chi connectivity index (χ3v) is 5.46. The number of rotatable bonds is 8. The van der Waals surface area contributed by atoms with Crippen molar-refractivity contribution in [3.8, 4) is 0 Å². The molecule has 0 aromatic carbocycles. The van der Waals surface area contributed by atoms with Gasteiger partial charge in [0, 0.05) is 18.3 Å². The van der Waals surface area contributed by atoms with E-state index >= 15 is 0 Å². The molecule has 0 aromatic heterocycles. The highest BCUT2D eigenvalue weighted by atomic mass is 31.2. The maximum absolute atomic E-state index is 12.9. The molecule has 0 spiro atoms. The van der Waals surface area contributed by atoms with Crippen LogP contribution in [-0.2, 0) is 19.0 Å². The van der Waals surface area contributed by atoms with E-state index in [0.29, 0.717) is 13.2 Å². The predicted octanol–water partition coefficient (Wildman–Crippen LogP) is 4.16. The van der Waals surface area contributed by atoms with E-state index in [1.165, 1.54) is 0 Å². The van der Waals surface area contributed by atoms with Gasteiger partial charge in [0.1, 0.15) is 6.35 Å². The maximum atomic E-state index is 12.9. The molecule has 6 heteroatoms. The minimum atomic E-state index is -2.98. The third kappa shape index (κ3) is 7.25. The fourth-order valence-electron chi connectivity index (χ4n) is 2.04. The van der Waals surface area contributed by atoms with E-state index in [0.717, 1.165) is 5.06 Å². The van der Waals surface area contributed by atoms with Crippen LogP contribution in [-0.4, -0.2) is 42.4 Å². The molecule has 0 saturated heterocycles. The maximum Gasteiger partial charge on any atom is 0.229 e. The Morgan fingerprint density at radius 2 is 1.57 bits per heavy atom. The van der Waals surface area contributed by atoms with E-state index in [9.17, 15) is 9.77 Å². The van der Waals surface area contributed by atoms with Gasteiger partial charge in [0.15, 0.2) is 0 Å². The van der Waals surface area contributed by atoms with Gasteiger partial charge in [-0.15, -0.1) is 10.3 Å². The molecule has 0 heterocycles. The molecule has 2 atom stereocenters. The van der Waals surface area contributed by atoms with Gasteiger partial charge in [-0.3, -0.25) is 4.57 Å². The van der Waals surface area contributed by atoms with Crippen LogP contribution in [0.3, 0.4) is 0 Å². The normalized spacial score (nSPS) is 17.8. The SMILES string of the molecule is CCOCP(=O)(CC(N([O])C(C)(C)C)C(C)(C)C)OCC. The number of hydrogen-bond acceptors (Lipinski definition) is 4. The van der Waals surface area contributed by atoms with Crippen molar-refractivity contribution in [3.63, 3.8) is 0 Å². The molecule has 0 bridgehead atoms. The van der Waals surface area contributed by atoms with Crippen LogP contribution in [0, 0.1) is 5.41 Å². The highest BCUT2D eigenvalue weighted by Crippen LogP contribution is 2.50. The number of hydrogen-bond donors (Lipinski definition) is 0. The quantitative estimate of drug-likeness (QED) is 0.497. The molecule has 0 rings (SSSR count). The molecular formula is C15H33NO4P. The van der Waals surface area contributed by atoms with Crippen molar-refractivity contribution in [1.82, 2.24) is 5.06 Å². The fraction of sp³-hybridized carbons (Fsp3) is 1.00. The van der Waals surface area contributed by atoms with Crippen LogP contribution in [0.25, 0.3) is 0 Å². The topological polar surface area (TPSA) is 58.7 Å². The van der Waals surface area contributed by atoms with Crippen LogP contribution in [0.5, 0.6) is 0 Å². The van der Waals surface area contributed by atoms with Crippen molar-refractivity contribution >= 4 is 7.37 Å². The first-order valence-corrected chi connectivity index (χ1v) is 9.63. The largest absolute Gasteiger partial charge is 0.372 e. The average Bonchev–Trinajstić information content (AvgIpc) is 2.31. The Labute approximate surface area is 130 Å². The fourth-order valence-corrected chi connectivity index (χ4v) is 4.48. The summed E-state index contributed by atoms with van der Waals surface area (Å²) in [4.78, 5) is 0. The second kappa shape index (κ2) is 8.07. The van der Waals surface area contributed by atoms with Crippen molar-refractivity contribution in [3.05, 3.63) is 0 Å². The van der Waals surface area contributed by atoms with E-state index < -0.39 is 18.9 Å². The van der Waals surface area contributed by atoms with Gasteiger partial charge in [0.25, 0.3) is 0 Å². The molecule has 127 valence electrons. The summed E-state index contributed by atoms with van der Waals surface area (Å²) in [5, 5.41) is 13.7. The van der Waals surface area contributed by atoms with Gasteiger partial charge in [-0.25, -0.2) is 0 Å². The van der Waals surface area contributed by atoms with Crippen LogP contribution >= 0.6 is 7.37 Å². The van der Waals surface area contributed by atoms with Crippen molar-refractivity contribution in [1.29, 1.82) is 0 Å². The van der Waals surface area contributed by atoms with Crippen molar-refractivity contribution in [2.45, 2.75) is 67.0 Å². The highest BCUT2D eigenvalue weighted by molar-refractivity contribution is 7.58. The standard InChI is InChI=1S/C15H33NO4P/c1-9-19-12-21(18,20-10-2)11-13(14(3,4)5)16(17)15(6,7)8/h13H,9-12H2,1-8H3. The summed E-state index contributed by atoms with van der Waals surface area (Å²) < 4.78 is 23.8. The van der Waals surface area contributed by atoms with Crippen LogP contribution in [0.15, 0.2) is 0 Å². The molecule has 5 nitrogen and oxygen atoms in total. The average molecular weight is 322 g/mol. The minimum Gasteiger partial charge on any atom is -0.372 e. The van der Waals surface area contributed by atoms with Gasteiger partial charge in [0.05, 0.1) is 12.6 Å². The summed E-state index contributed by atoms with van der Waals surface area (Å²) in [6.45, 7) is 16.1. The zero-order chi connectivity index (χ0) is 16.9. The molecule has 0 amide bonds. The van der Waals surface area contributed by atoms with Gasteiger partial charge in [-0.2, -0.15) is 0 Å². The molecular weight excluding hydrogens is 289 g/mol. The minimum absolute atomic E-state index is 0.0713. The first-order valence-electron chi connectivity index (χ1n) is 7.64. The Kier molecular flexibility index (Phi) is 8.10. The van der Waals surface area contributed by atoms with E-state index in [2.05, 4.69) is 0 Å². The Morgan fingerprint density at radius 3 is 1.90 bits per heavy atom. The lowest BCUT2D eigenvalue weighted by molar-refractivity contribution is -0.252. The van der Waals surface area contributed by atoms with E-state index in [1.54, 1.807) is 0 Å². The summed E-state index contributed by atoms with van der Waals surface area (Å²) in [5.74, 6) is 0. The third-order valence-electron chi connectivity index (χ3n) is 3.25. The van der Waals surface area contributed by atoms with Gasteiger partial charge >= 0.3 is 0 Å². The Balaban J connectivity index is 5.31. The molecule has 21 heavy (non-hydrogen) atoms. The molecule has 0 fully saturated rings. The van der Waals surface area contributed by atoms with Gasteiger partial charge < -0.3 is 9.26 Å². The molecule has 0 saturated carbocycles. The zero-order valence-electron chi connectivity index (χ0n) is 14.9. The molecule has 1 radical (unpaired) electrons. The molecule has 0 aliphatic heterocycles. The zero-order valence-corrected chi connectivity index (χ0v) is 15.8. The summed E-state index contributed by atoms with van der Waals surface area (Å²) in [7, 11) is -2.98. The van der Waals surface area contributed by atoms with Crippen LogP contribution in [0.2, 0.25) is 0 Å². The first kappa shape index (κ1) is 21.1. The van der Waals surface area contributed by atoms with Crippen molar-refractivity contribution < 1.29 is 19.0 Å². The summed E-state index contributed by atoms with van der Waals surface area (Å²) in [6, 6.07) is -0.393. The first-order chi connectivity index (χ1) is 9.37. The second-order valence-corrected chi connectivity index (χ2v) is 9.93. The molecule has 2 unspecified atom stereocenters. The van der Waals surface area contributed by atoms with E-state index in [1.807, 2.05) is 55.4 Å². The van der Waals surface area contributed by atoms with Crippen molar-refractivity contribution in [2.75, 3.05) is 25.7 Å². The molecule has 0 N–H and O–H groups in total. The number of ether oxygens (including phenoxy) is 1. The van der Waals surface area contributed by atoms with Crippen LogP contribution in [0.4, 0.5) is 0 Å². The van der Waals surface area contributed by atoms with Crippen LogP contribution in [0.1, 0.15) is 55.4 Å². The Morgan fingerprint density at radius 1 is 1.05 bits per heavy atom. The lowest BCUT2D eigenvalue weighted by Gasteiger charge is -2.42. The summed E-state index contributed by atoms with van der Waals surface area (Å²) in [6.07, 6.45) is 0.285. The summed E-state index contributed by atoms with van der Waals surface area (Å²) >= 11 is 0. The van der Waals surface area contributed by atoms with E-state index in [4.69, 9.17) is 9.26 Å². The highest BCUT2D eigenvalue weighted by Gasteiger charge is 2.42. The van der Waals surface area contributed by atoms with Crippen LogP contribution < -0.4 is 0 Å². The number of nitrogens with zero attached hydrogens (tertiary/aromatic N) is 1. The van der Waals surface area contributed by atoms with Gasteiger partial charge in [0.2, 0.25) is 7.37 Å². The Bertz CT molecular complexity index is 347. The smallest absolute Gasteiger partial charge is 0.229 e. The summed E-state index contributed by atoms with van der Waals surface area (Å²) in [5.41, 5.74) is -0.839. The lowest BCUT2D eigenvalue weighted by atomic mass is 9.86. The van der Waals surface area contributed by atoms with Gasteiger partial charge in [-0.05, 0) is 40.0 Å². The molecule has 0 aliphatic rings. The molecule has 0 aromatic rings. The molecule has 0 aliphatic carbocycles.